The van der Waals surface area contributed by atoms with Gasteiger partial charge in [0, 0.05) is 30.2 Å². The molecule has 0 aliphatic carbocycles. The van der Waals surface area contributed by atoms with E-state index in [9.17, 15) is 0 Å². The molecule has 0 bridgehead atoms. The molecule has 7 nitrogen and oxygen atoms in total. The third kappa shape index (κ3) is 5.04. The minimum absolute atomic E-state index is 0.520. The number of hydrogen-bond acceptors (Lipinski definition) is 6. The molecule has 0 saturated heterocycles. The summed E-state index contributed by atoms with van der Waals surface area (Å²) in [7, 11) is 0. The van der Waals surface area contributed by atoms with Crippen LogP contribution in [0.4, 0.5) is 5.69 Å². The van der Waals surface area contributed by atoms with Gasteiger partial charge in [0.15, 0.2) is 0 Å². The average molecular weight is 421 g/mol. The highest BCUT2D eigenvalue weighted by molar-refractivity contribution is 6.32. The van der Waals surface area contributed by atoms with Crippen LogP contribution in [0.5, 0.6) is 0 Å². The van der Waals surface area contributed by atoms with E-state index >= 15 is 0 Å². The Labute approximate surface area is 179 Å². The summed E-state index contributed by atoms with van der Waals surface area (Å²) in [5.74, 6) is 0.520. The topological polar surface area (TPSA) is 92.6 Å². The zero-order valence-corrected chi connectivity index (χ0v) is 17.5. The van der Waals surface area contributed by atoms with E-state index in [1.165, 1.54) is 6.39 Å². The van der Waals surface area contributed by atoms with Crippen molar-refractivity contribution in [3.63, 3.8) is 0 Å². The first-order chi connectivity index (χ1) is 14.6. The van der Waals surface area contributed by atoms with E-state index in [4.69, 9.17) is 21.3 Å². The lowest BCUT2D eigenvalue weighted by molar-refractivity contribution is 0.568. The predicted octanol–water partition coefficient (Wildman–Crippen LogP) is 5.26. The third-order valence-corrected chi connectivity index (χ3v) is 4.80. The molecular formula is C22H21ClN6O. The molecule has 0 atom stereocenters. The van der Waals surface area contributed by atoms with Crippen molar-refractivity contribution >= 4 is 17.3 Å². The van der Waals surface area contributed by atoms with Gasteiger partial charge in [-0.1, -0.05) is 18.5 Å². The Morgan fingerprint density at radius 3 is 2.60 bits per heavy atom. The largest absolute Gasteiger partial charge is 0.423 e. The third-order valence-electron chi connectivity index (χ3n) is 4.32. The highest BCUT2D eigenvalue weighted by Gasteiger charge is 2.06. The smallest absolute Gasteiger partial charge is 0.247 e. The van der Waals surface area contributed by atoms with Crippen LogP contribution in [0.15, 0.2) is 65.7 Å². The molecule has 30 heavy (non-hydrogen) atoms. The van der Waals surface area contributed by atoms with Gasteiger partial charge in [-0.15, -0.1) is 10.2 Å². The molecule has 152 valence electrons. The van der Waals surface area contributed by atoms with Crippen molar-refractivity contribution < 1.29 is 4.42 Å². The molecule has 2 heterocycles. The summed E-state index contributed by atoms with van der Waals surface area (Å²) in [6, 6.07) is 15.3. The maximum Gasteiger partial charge on any atom is 0.247 e. The number of aromatic nitrogens is 4. The van der Waals surface area contributed by atoms with Crippen molar-refractivity contribution in [1.29, 1.82) is 5.26 Å². The number of rotatable bonds is 5. The quantitative estimate of drug-likeness (QED) is 0.473. The molecule has 0 unspecified atom stereocenters. The Hall–Kier alpha value is -3.63. The number of nitrogens with one attached hydrogen (secondary N) is 1. The maximum atomic E-state index is 8.75. The molecule has 0 amide bonds. The van der Waals surface area contributed by atoms with Crippen LogP contribution in [-0.4, -0.2) is 26.5 Å². The normalized spacial score (nSPS) is 10.1. The Bertz CT molecular complexity index is 1050. The number of nitrogens with zero attached hydrogens (tertiary/aromatic N) is 5. The van der Waals surface area contributed by atoms with Crippen molar-refractivity contribution in [2.45, 2.75) is 20.3 Å². The van der Waals surface area contributed by atoms with Crippen LogP contribution in [0, 0.1) is 18.3 Å². The molecule has 0 saturated carbocycles. The lowest BCUT2D eigenvalue weighted by Gasteiger charge is -2.10. The highest BCUT2D eigenvalue weighted by atomic mass is 35.5. The van der Waals surface area contributed by atoms with E-state index < -0.39 is 0 Å². The highest BCUT2D eigenvalue weighted by Crippen LogP contribution is 2.26. The molecule has 0 spiro atoms. The minimum Gasteiger partial charge on any atom is -0.423 e. The van der Waals surface area contributed by atoms with Crippen LogP contribution < -0.4 is 5.32 Å². The fourth-order valence-corrected chi connectivity index (χ4v) is 2.91. The first-order valence-electron chi connectivity index (χ1n) is 9.43. The van der Waals surface area contributed by atoms with E-state index in [-0.39, 0.29) is 0 Å². The van der Waals surface area contributed by atoms with Crippen LogP contribution in [-0.2, 0) is 0 Å². The number of anilines is 1. The van der Waals surface area contributed by atoms with Crippen LogP contribution >= 0.6 is 11.6 Å². The summed E-state index contributed by atoms with van der Waals surface area (Å²) in [6.07, 6.45) is 6.02. The molecule has 1 N–H and O–H groups in total. The minimum atomic E-state index is 0.520. The molecule has 8 heteroatoms. The molecule has 2 aromatic heterocycles. The van der Waals surface area contributed by atoms with Gasteiger partial charge in [0.25, 0.3) is 0 Å². The first kappa shape index (κ1) is 21.1. The SMILES string of the molecule is CCCNc1ccc(C#N)c(Cl)c1C.c1cnn(-c2ccc(-c3nnco3)cc2)c1. The Balaban J connectivity index is 0.000000173. The van der Waals surface area contributed by atoms with Crippen LogP contribution in [0.25, 0.3) is 17.1 Å². The fourth-order valence-electron chi connectivity index (χ4n) is 2.70. The van der Waals surface area contributed by atoms with Crippen molar-refractivity contribution in [3.8, 4) is 23.2 Å². The summed E-state index contributed by atoms with van der Waals surface area (Å²) in [4.78, 5) is 0. The van der Waals surface area contributed by atoms with Gasteiger partial charge in [0.1, 0.15) is 6.07 Å². The number of nitriles is 1. The molecule has 2 aromatic carbocycles. The van der Waals surface area contributed by atoms with Gasteiger partial charge in [0.05, 0.1) is 16.3 Å². The fraction of sp³-hybridized carbons (Fsp3) is 0.182. The van der Waals surface area contributed by atoms with Crippen molar-refractivity contribution in [2.24, 2.45) is 0 Å². The number of hydrogen-bond donors (Lipinski definition) is 1. The second-order valence-electron chi connectivity index (χ2n) is 6.38. The van der Waals surface area contributed by atoms with Crippen LogP contribution in [0.2, 0.25) is 5.02 Å². The molecule has 4 rings (SSSR count). The number of benzene rings is 2. The molecule has 0 aliphatic rings. The van der Waals surface area contributed by atoms with E-state index in [2.05, 4.69) is 33.6 Å². The van der Waals surface area contributed by atoms with Gasteiger partial charge in [-0.25, -0.2) is 4.68 Å². The second kappa shape index (κ2) is 10.2. The van der Waals surface area contributed by atoms with Crippen molar-refractivity contribution in [1.82, 2.24) is 20.0 Å². The Morgan fingerprint density at radius 2 is 2.00 bits per heavy atom. The molecule has 0 fully saturated rings. The van der Waals surface area contributed by atoms with Gasteiger partial charge in [-0.2, -0.15) is 10.4 Å². The summed E-state index contributed by atoms with van der Waals surface area (Å²) < 4.78 is 6.89. The van der Waals surface area contributed by atoms with Gasteiger partial charge >= 0.3 is 0 Å². The molecule has 0 aliphatic heterocycles. The first-order valence-corrected chi connectivity index (χ1v) is 9.81. The van der Waals surface area contributed by atoms with E-state index in [0.717, 1.165) is 35.5 Å². The van der Waals surface area contributed by atoms with Crippen molar-refractivity contribution in [2.75, 3.05) is 11.9 Å². The van der Waals surface area contributed by atoms with E-state index in [1.54, 1.807) is 16.9 Å². The van der Waals surface area contributed by atoms with E-state index in [1.807, 2.05) is 49.5 Å². The van der Waals surface area contributed by atoms with Crippen LogP contribution in [0.3, 0.4) is 0 Å². The molecular weight excluding hydrogens is 400 g/mol. The zero-order chi connectivity index (χ0) is 21.3. The standard InChI is InChI=1S/C11H13ClN2.C11H8N4O/c1-3-6-14-10-5-4-9(7-13)11(12)8(10)2;1-6-13-15(7-1)10-4-2-9(3-5-10)11-14-12-8-16-11/h4-5,14H,3,6H2,1-2H3;1-8H. The lowest BCUT2D eigenvalue weighted by atomic mass is 10.1. The lowest BCUT2D eigenvalue weighted by Crippen LogP contribution is -2.02. The van der Waals surface area contributed by atoms with Gasteiger partial charge < -0.3 is 9.73 Å². The predicted molar refractivity (Wildman–Crippen MR) is 117 cm³/mol. The van der Waals surface area contributed by atoms with Crippen molar-refractivity contribution in [3.05, 3.63) is 77.4 Å². The monoisotopic (exact) mass is 420 g/mol. The number of halogens is 1. The molecule has 4 aromatic rings. The van der Waals surface area contributed by atoms with E-state index in [0.29, 0.717) is 16.5 Å². The van der Waals surface area contributed by atoms with Gasteiger partial charge in [-0.05, 0) is 61.4 Å². The second-order valence-corrected chi connectivity index (χ2v) is 6.76. The Kier molecular flexibility index (Phi) is 7.19. The summed E-state index contributed by atoms with van der Waals surface area (Å²) >= 11 is 6.01. The molecule has 0 radical (unpaired) electrons. The summed E-state index contributed by atoms with van der Waals surface area (Å²) in [5, 5.41) is 24.2. The zero-order valence-electron chi connectivity index (χ0n) is 16.7. The maximum absolute atomic E-state index is 8.75. The average Bonchev–Trinajstić information content (AvgIpc) is 3.50. The Morgan fingerprint density at radius 1 is 1.20 bits per heavy atom. The van der Waals surface area contributed by atoms with Crippen LogP contribution in [0.1, 0.15) is 24.5 Å². The summed E-state index contributed by atoms with van der Waals surface area (Å²) in [6.45, 7) is 4.94. The summed E-state index contributed by atoms with van der Waals surface area (Å²) in [5.41, 5.74) is 4.38. The van der Waals surface area contributed by atoms with Gasteiger partial charge in [0.2, 0.25) is 12.3 Å². The van der Waals surface area contributed by atoms with Gasteiger partial charge in [-0.3, -0.25) is 0 Å².